The van der Waals surface area contributed by atoms with E-state index in [1.165, 1.54) is 0 Å². The SMILES string of the molecule is CC[C@@H](NC(=O)N1C(=O)[C@H](Cc2ccnc(N(Cc3ccc(OC)cc3)Cc3ccc(OC)cc3)c2)[C@H]1C(=O)O)c1cccc(Cl)c1. The van der Waals surface area contributed by atoms with Gasteiger partial charge in [0.15, 0.2) is 6.04 Å². The molecule has 244 valence electrons. The van der Waals surface area contributed by atoms with Crippen molar-refractivity contribution in [1.29, 1.82) is 0 Å². The molecule has 47 heavy (non-hydrogen) atoms. The van der Waals surface area contributed by atoms with E-state index in [4.69, 9.17) is 21.1 Å². The van der Waals surface area contributed by atoms with E-state index in [-0.39, 0.29) is 6.42 Å². The van der Waals surface area contributed by atoms with Crippen molar-refractivity contribution in [2.24, 2.45) is 5.92 Å². The average Bonchev–Trinajstić information content (AvgIpc) is 3.08. The van der Waals surface area contributed by atoms with E-state index in [0.29, 0.717) is 30.4 Å². The van der Waals surface area contributed by atoms with Crippen molar-refractivity contribution in [3.63, 3.8) is 0 Å². The number of nitrogens with one attached hydrogen (secondary N) is 1. The number of benzene rings is 3. The number of urea groups is 1. The van der Waals surface area contributed by atoms with Crippen molar-refractivity contribution in [2.75, 3.05) is 19.1 Å². The van der Waals surface area contributed by atoms with Crippen LogP contribution >= 0.6 is 11.6 Å². The quantitative estimate of drug-likeness (QED) is 0.162. The summed E-state index contributed by atoms with van der Waals surface area (Å²) in [6.45, 7) is 2.95. The van der Waals surface area contributed by atoms with Crippen LogP contribution in [-0.2, 0) is 29.1 Å². The molecule has 0 spiro atoms. The fourth-order valence-electron chi connectivity index (χ4n) is 5.75. The molecule has 2 heterocycles. The number of hydrogen-bond donors (Lipinski definition) is 2. The number of carboxylic acids is 1. The lowest BCUT2D eigenvalue weighted by atomic mass is 9.82. The number of carboxylic acid groups (broad SMARTS) is 1. The number of carbonyl (C=O) groups excluding carboxylic acids is 2. The number of β-lactam (4-membered cyclic amide) rings is 1. The second kappa shape index (κ2) is 15.0. The van der Waals surface area contributed by atoms with Crippen LogP contribution in [0.25, 0.3) is 0 Å². The molecule has 3 atom stereocenters. The maximum absolute atomic E-state index is 13.3. The summed E-state index contributed by atoms with van der Waals surface area (Å²) >= 11 is 6.13. The minimum absolute atomic E-state index is 0.138. The maximum atomic E-state index is 13.3. The van der Waals surface area contributed by atoms with Crippen LogP contribution in [0, 0.1) is 5.92 Å². The lowest BCUT2D eigenvalue weighted by Crippen LogP contribution is -2.68. The van der Waals surface area contributed by atoms with Crippen LogP contribution in [0.5, 0.6) is 11.5 Å². The minimum Gasteiger partial charge on any atom is -0.497 e. The van der Waals surface area contributed by atoms with Crippen LogP contribution in [0.2, 0.25) is 5.02 Å². The second-order valence-corrected chi connectivity index (χ2v) is 11.8. The Hall–Kier alpha value is -5.09. The number of aliphatic carboxylic acids is 1. The summed E-state index contributed by atoms with van der Waals surface area (Å²) < 4.78 is 10.6. The van der Waals surface area contributed by atoms with E-state index < -0.39 is 35.9 Å². The van der Waals surface area contributed by atoms with Crippen molar-refractivity contribution in [3.8, 4) is 11.5 Å². The highest BCUT2D eigenvalue weighted by molar-refractivity contribution is 6.30. The molecule has 1 saturated heterocycles. The zero-order chi connectivity index (χ0) is 33.5. The van der Waals surface area contributed by atoms with Crippen LogP contribution in [0.4, 0.5) is 10.6 Å². The Morgan fingerprint density at radius 1 is 0.936 bits per heavy atom. The van der Waals surface area contributed by atoms with Gasteiger partial charge in [-0.3, -0.25) is 4.79 Å². The van der Waals surface area contributed by atoms with Gasteiger partial charge in [0.1, 0.15) is 17.3 Å². The number of likely N-dealkylation sites (tertiary alicyclic amines) is 1. The molecule has 0 saturated carbocycles. The van der Waals surface area contributed by atoms with Crippen molar-refractivity contribution in [1.82, 2.24) is 15.2 Å². The Morgan fingerprint density at radius 3 is 2.09 bits per heavy atom. The minimum atomic E-state index is -1.30. The van der Waals surface area contributed by atoms with E-state index in [1.54, 1.807) is 44.7 Å². The number of ether oxygens (including phenoxy) is 2. The molecular weight excluding hydrogens is 620 g/mol. The van der Waals surface area contributed by atoms with Crippen LogP contribution in [0.1, 0.15) is 41.6 Å². The average molecular weight is 657 g/mol. The number of imide groups is 1. The molecule has 0 bridgehead atoms. The van der Waals surface area contributed by atoms with E-state index in [9.17, 15) is 19.5 Å². The normalized spacial score (nSPS) is 16.2. The Labute approximate surface area is 278 Å². The molecule has 1 fully saturated rings. The smallest absolute Gasteiger partial charge is 0.327 e. The number of pyridine rings is 1. The third-order valence-electron chi connectivity index (χ3n) is 8.30. The number of methoxy groups -OCH3 is 2. The van der Waals surface area contributed by atoms with E-state index in [1.807, 2.05) is 67.6 Å². The lowest BCUT2D eigenvalue weighted by molar-refractivity contribution is -0.165. The molecule has 3 amide bonds. The lowest BCUT2D eigenvalue weighted by Gasteiger charge is -2.43. The Balaban J connectivity index is 1.34. The Morgan fingerprint density at radius 2 is 1.55 bits per heavy atom. The molecule has 0 aliphatic carbocycles. The van der Waals surface area contributed by atoms with Gasteiger partial charge in [0.05, 0.1) is 26.2 Å². The summed E-state index contributed by atoms with van der Waals surface area (Å²) in [4.78, 5) is 46.4. The summed E-state index contributed by atoms with van der Waals surface area (Å²) in [6, 6.07) is 23.8. The molecule has 4 aromatic rings. The second-order valence-electron chi connectivity index (χ2n) is 11.3. The van der Waals surface area contributed by atoms with Crippen LogP contribution < -0.4 is 19.7 Å². The summed E-state index contributed by atoms with van der Waals surface area (Å²) in [5, 5.41) is 13.4. The number of nitrogens with zero attached hydrogens (tertiary/aromatic N) is 3. The summed E-state index contributed by atoms with van der Waals surface area (Å²) in [7, 11) is 3.24. The van der Waals surface area contributed by atoms with Gasteiger partial charge < -0.3 is 24.8 Å². The summed E-state index contributed by atoms with van der Waals surface area (Å²) in [5.41, 5.74) is 3.58. The zero-order valence-corrected chi connectivity index (χ0v) is 27.2. The van der Waals surface area contributed by atoms with E-state index in [2.05, 4.69) is 15.2 Å². The van der Waals surface area contributed by atoms with Crippen molar-refractivity contribution in [3.05, 3.63) is 118 Å². The van der Waals surface area contributed by atoms with Gasteiger partial charge in [-0.1, -0.05) is 54.9 Å². The molecular formula is C36H37ClN4O6. The summed E-state index contributed by atoms with van der Waals surface area (Å²) in [6.07, 6.45) is 2.32. The van der Waals surface area contributed by atoms with Crippen molar-refractivity contribution < 1.29 is 29.0 Å². The third-order valence-corrected chi connectivity index (χ3v) is 8.53. The Bertz CT molecular complexity index is 1670. The number of carbonyl (C=O) groups is 3. The highest BCUT2D eigenvalue weighted by Gasteiger charge is 2.54. The fourth-order valence-corrected chi connectivity index (χ4v) is 5.95. The van der Waals surface area contributed by atoms with Crippen LogP contribution in [-0.4, -0.2) is 53.2 Å². The first-order valence-electron chi connectivity index (χ1n) is 15.3. The number of amides is 3. The Kier molecular flexibility index (Phi) is 10.6. The molecule has 11 heteroatoms. The molecule has 0 unspecified atom stereocenters. The molecule has 2 N–H and O–H groups in total. The number of hydrogen-bond acceptors (Lipinski definition) is 7. The van der Waals surface area contributed by atoms with E-state index >= 15 is 0 Å². The molecule has 1 aliphatic heterocycles. The van der Waals surface area contributed by atoms with Gasteiger partial charge in [0.2, 0.25) is 5.91 Å². The van der Waals surface area contributed by atoms with Crippen molar-refractivity contribution >= 4 is 35.3 Å². The topological polar surface area (TPSA) is 121 Å². The fraction of sp³-hybridized carbons (Fsp3) is 0.278. The highest BCUT2D eigenvalue weighted by Crippen LogP contribution is 2.32. The number of aromatic nitrogens is 1. The maximum Gasteiger partial charge on any atom is 0.327 e. The van der Waals surface area contributed by atoms with Gasteiger partial charge in [0.25, 0.3) is 0 Å². The van der Waals surface area contributed by atoms with Gasteiger partial charge in [-0.05, 0) is 83.6 Å². The molecule has 10 nitrogen and oxygen atoms in total. The van der Waals surface area contributed by atoms with Crippen molar-refractivity contribution in [2.45, 2.75) is 44.9 Å². The number of rotatable bonds is 13. The first-order valence-corrected chi connectivity index (χ1v) is 15.7. The van der Waals surface area contributed by atoms with E-state index in [0.717, 1.165) is 38.7 Å². The molecule has 3 aromatic carbocycles. The van der Waals surface area contributed by atoms with Gasteiger partial charge >= 0.3 is 12.0 Å². The standard InChI is InChI=1S/C36H37ClN4O6/c1-4-31(26-6-5-7-27(37)20-26)39-36(45)41-33(35(43)44)30(34(41)42)18-25-16-17-38-32(19-25)40(21-23-8-12-28(46-2)13-9-23)22-24-10-14-29(47-3)15-11-24/h5-17,19-20,30-31,33H,4,18,21-22H2,1-3H3,(H,39,45)(H,43,44)/t30-,31-,33+/m1/s1. The summed E-state index contributed by atoms with van der Waals surface area (Å²) in [5.74, 6) is -0.513. The van der Waals surface area contributed by atoms with Gasteiger partial charge in [-0.25, -0.2) is 19.5 Å². The highest BCUT2D eigenvalue weighted by atomic mass is 35.5. The predicted molar refractivity (Wildman–Crippen MR) is 179 cm³/mol. The van der Waals surface area contributed by atoms with Gasteiger partial charge in [-0.2, -0.15) is 0 Å². The first-order chi connectivity index (χ1) is 22.7. The van der Waals surface area contributed by atoms with Crippen LogP contribution in [0.3, 0.4) is 0 Å². The predicted octanol–water partition coefficient (Wildman–Crippen LogP) is 6.27. The monoisotopic (exact) mass is 656 g/mol. The third kappa shape index (κ3) is 7.84. The first kappa shape index (κ1) is 33.3. The molecule has 0 radical (unpaired) electrons. The molecule has 5 rings (SSSR count). The van der Waals surface area contributed by atoms with Gasteiger partial charge in [0, 0.05) is 24.3 Å². The van der Waals surface area contributed by atoms with Gasteiger partial charge in [-0.15, -0.1) is 0 Å². The van der Waals surface area contributed by atoms with Crippen LogP contribution in [0.15, 0.2) is 91.1 Å². The zero-order valence-electron chi connectivity index (χ0n) is 26.4. The molecule has 1 aliphatic rings. The number of anilines is 1. The number of halogens is 1. The molecule has 1 aromatic heterocycles. The largest absolute Gasteiger partial charge is 0.497 e.